The Bertz CT molecular complexity index is 404. The summed E-state index contributed by atoms with van der Waals surface area (Å²) in [7, 11) is -3.70. The molecular formula is C7H15BO9P2. The van der Waals surface area contributed by atoms with Gasteiger partial charge in [0.1, 0.15) is 20.1 Å². The predicted molar refractivity (Wildman–Crippen MR) is 63.7 cm³/mol. The molecule has 0 aliphatic carbocycles. The van der Waals surface area contributed by atoms with Gasteiger partial charge >= 0.3 is 15.4 Å². The average molecular weight is 316 g/mol. The zero-order chi connectivity index (χ0) is 14.8. The number of phosphoric ester groups is 1. The van der Waals surface area contributed by atoms with Gasteiger partial charge in [0, 0.05) is 12.2 Å². The van der Waals surface area contributed by atoms with Crippen LogP contribution in [0, 0.1) is 0 Å². The van der Waals surface area contributed by atoms with Gasteiger partial charge in [0.15, 0.2) is 0 Å². The molecule has 0 aromatic carbocycles. The van der Waals surface area contributed by atoms with Crippen LogP contribution < -0.4 is 0 Å². The lowest BCUT2D eigenvalue weighted by Gasteiger charge is -2.18. The zero-order valence-corrected chi connectivity index (χ0v) is 11.8. The van der Waals surface area contributed by atoms with E-state index in [1.54, 1.807) is 0 Å². The van der Waals surface area contributed by atoms with E-state index >= 15 is 0 Å². The fourth-order valence-corrected chi connectivity index (χ4v) is 3.60. The van der Waals surface area contributed by atoms with Gasteiger partial charge < -0.3 is 24.7 Å². The van der Waals surface area contributed by atoms with E-state index in [1.165, 1.54) is 6.92 Å². The van der Waals surface area contributed by atoms with Crippen LogP contribution in [0.5, 0.6) is 0 Å². The molecule has 0 bridgehead atoms. The van der Waals surface area contributed by atoms with Gasteiger partial charge in [0.05, 0.1) is 12.7 Å². The molecule has 19 heavy (non-hydrogen) atoms. The second kappa shape index (κ2) is 6.34. The Morgan fingerprint density at radius 1 is 1.26 bits per heavy atom. The first-order valence-corrected chi connectivity index (χ1v) is 8.61. The van der Waals surface area contributed by atoms with E-state index in [2.05, 4.69) is 8.83 Å². The van der Waals surface area contributed by atoms with Crippen molar-refractivity contribution in [2.45, 2.75) is 31.2 Å². The topological polar surface area (TPSA) is 143 Å². The van der Waals surface area contributed by atoms with Crippen molar-refractivity contribution in [3.63, 3.8) is 0 Å². The second-order valence-electron chi connectivity index (χ2n) is 3.92. The fraction of sp³-hybridized carbons (Fsp3) is 1.00. The maximum Gasteiger partial charge on any atom is 0.479 e. The molecule has 1 fully saturated rings. The Balaban J connectivity index is 2.53. The minimum Gasteiger partial charge on any atom is -0.388 e. The average Bonchev–Trinajstić information content (AvgIpc) is 2.53. The number of ether oxygens (including phenoxy) is 1. The number of phosphoric acid groups is 1. The highest BCUT2D eigenvalue weighted by Gasteiger charge is 2.42. The summed E-state index contributed by atoms with van der Waals surface area (Å²) in [6, 6.07) is -1.15. The van der Waals surface area contributed by atoms with Crippen LogP contribution in [0.2, 0.25) is 0 Å². The van der Waals surface area contributed by atoms with E-state index in [9.17, 15) is 24.2 Å². The predicted octanol–water partition coefficient (Wildman–Crippen LogP) is -1.06. The molecule has 6 unspecified atom stereocenters. The van der Waals surface area contributed by atoms with Crippen LogP contribution in [0.15, 0.2) is 0 Å². The van der Waals surface area contributed by atoms with Crippen molar-refractivity contribution in [1.82, 2.24) is 0 Å². The minimum absolute atomic E-state index is 0.368. The van der Waals surface area contributed by atoms with Crippen LogP contribution in [-0.2, 0) is 22.7 Å². The maximum absolute atomic E-state index is 11.4. The van der Waals surface area contributed by atoms with E-state index in [0.717, 1.165) is 0 Å². The van der Waals surface area contributed by atoms with Crippen molar-refractivity contribution in [3.05, 3.63) is 0 Å². The van der Waals surface area contributed by atoms with Crippen LogP contribution in [-0.4, -0.2) is 64.9 Å². The molecule has 4 N–H and O–H groups in total. The minimum atomic E-state index is -4.78. The maximum atomic E-state index is 11.4. The van der Waals surface area contributed by atoms with E-state index in [0.29, 0.717) is 0 Å². The van der Waals surface area contributed by atoms with E-state index in [4.69, 9.17) is 17.5 Å². The number of aliphatic hydroxyl groups is 2. The number of hydrogen-bond donors (Lipinski definition) is 4. The fourth-order valence-electron chi connectivity index (χ4n) is 1.33. The summed E-state index contributed by atoms with van der Waals surface area (Å²) < 4.78 is 35.9. The Kier molecular flexibility index (Phi) is 5.78. The highest BCUT2D eigenvalue weighted by Crippen LogP contribution is 2.59. The van der Waals surface area contributed by atoms with E-state index in [1.807, 2.05) is 0 Å². The van der Waals surface area contributed by atoms with Crippen molar-refractivity contribution >= 4 is 23.3 Å². The molecule has 110 valence electrons. The van der Waals surface area contributed by atoms with Crippen LogP contribution in [0.25, 0.3) is 0 Å². The summed E-state index contributed by atoms with van der Waals surface area (Å²) in [6.07, 6.45) is -4.27. The second-order valence-corrected chi connectivity index (χ2v) is 7.68. The van der Waals surface area contributed by atoms with Crippen molar-refractivity contribution in [2.24, 2.45) is 0 Å². The molecule has 1 rings (SSSR count). The van der Waals surface area contributed by atoms with Crippen molar-refractivity contribution in [3.8, 4) is 0 Å². The lowest BCUT2D eigenvalue weighted by Crippen LogP contribution is -2.34. The normalized spacial score (nSPS) is 37.7. The van der Waals surface area contributed by atoms with Gasteiger partial charge in [0.2, 0.25) is 0 Å². The Morgan fingerprint density at radius 3 is 2.26 bits per heavy atom. The number of aliphatic hydroxyl groups excluding tert-OH is 2. The first-order valence-electron chi connectivity index (χ1n) is 5.35. The molecule has 12 heteroatoms. The molecule has 0 spiro atoms. The number of hydrogen-bond acceptors (Lipinski definition) is 7. The molecule has 1 aliphatic heterocycles. The smallest absolute Gasteiger partial charge is 0.388 e. The van der Waals surface area contributed by atoms with Crippen molar-refractivity contribution in [2.75, 3.05) is 12.8 Å². The third kappa shape index (κ3) is 4.93. The first kappa shape index (κ1) is 17.3. The lowest BCUT2D eigenvalue weighted by molar-refractivity contribution is -0.00833. The summed E-state index contributed by atoms with van der Waals surface area (Å²) in [5, 5.41) is 18.7. The van der Waals surface area contributed by atoms with Gasteiger partial charge in [-0.2, -0.15) is 0 Å². The molecule has 1 heterocycles. The summed E-state index contributed by atoms with van der Waals surface area (Å²) in [5.41, 5.74) is 0. The van der Waals surface area contributed by atoms with Crippen LogP contribution >= 0.6 is 15.4 Å². The van der Waals surface area contributed by atoms with Gasteiger partial charge in [0.25, 0.3) is 0 Å². The standard InChI is InChI=1S/C7H15BO9P2/c1-2-18(11,12)17-19(13,14)15-3-4-5(9)6(10)7(8)16-4/h4-7,9-10H,2-3H2,1H3,(H,11,12)(H,13,14). The largest absolute Gasteiger partial charge is 0.479 e. The third-order valence-electron chi connectivity index (χ3n) is 2.43. The Labute approximate surface area is 111 Å². The van der Waals surface area contributed by atoms with Crippen molar-refractivity contribution < 1.29 is 42.7 Å². The number of rotatable bonds is 6. The van der Waals surface area contributed by atoms with Crippen LogP contribution in [0.1, 0.15) is 6.92 Å². The lowest BCUT2D eigenvalue weighted by atomic mass is 9.93. The van der Waals surface area contributed by atoms with Crippen molar-refractivity contribution in [1.29, 1.82) is 0 Å². The monoisotopic (exact) mass is 316 g/mol. The third-order valence-corrected chi connectivity index (χ3v) is 5.55. The first-order chi connectivity index (χ1) is 8.58. The molecule has 0 amide bonds. The molecular weight excluding hydrogens is 301 g/mol. The zero-order valence-electron chi connectivity index (χ0n) is 10.0. The highest BCUT2D eigenvalue weighted by molar-refractivity contribution is 7.63. The summed E-state index contributed by atoms with van der Waals surface area (Å²) in [4.78, 5) is 18.3. The van der Waals surface area contributed by atoms with Gasteiger partial charge in [-0.1, -0.05) is 6.92 Å². The summed E-state index contributed by atoms with van der Waals surface area (Å²) in [6.45, 7) is 0.656. The molecule has 6 atom stereocenters. The molecule has 1 aliphatic rings. The van der Waals surface area contributed by atoms with Crippen LogP contribution in [0.3, 0.4) is 0 Å². The van der Waals surface area contributed by atoms with Gasteiger partial charge in [-0.25, -0.2) is 8.88 Å². The molecule has 2 radical (unpaired) electrons. The SMILES string of the molecule is [B]C1OC(COP(=O)(O)OP(=O)(O)CC)C(O)C1O. The summed E-state index contributed by atoms with van der Waals surface area (Å²) in [5.74, 6) is 0. The summed E-state index contributed by atoms with van der Waals surface area (Å²) >= 11 is 0. The van der Waals surface area contributed by atoms with Crippen LogP contribution in [0.4, 0.5) is 0 Å². The molecule has 0 saturated carbocycles. The molecule has 9 nitrogen and oxygen atoms in total. The Morgan fingerprint density at radius 2 is 1.84 bits per heavy atom. The Hall–Kier alpha value is 0.245. The van der Waals surface area contributed by atoms with Gasteiger partial charge in [-0.05, 0) is 0 Å². The quantitative estimate of drug-likeness (QED) is 0.356. The van der Waals surface area contributed by atoms with E-state index < -0.39 is 46.3 Å². The van der Waals surface area contributed by atoms with Gasteiger partial charge in [-0.3, -0.25) is 9.09 Å². The van der Waals surface area contributed by atoms with Gasteiger partial charge in [-0.15, -0.1) is 0 Å². The van der Waals surface area contributed by atoms with E-state index in [-0.39, 0.29) is 6.16 Å². The highest BCUT2D eigenvalue weighted by atomic mass is 31.3. The molecule has 1 saturated heterocycles. The molecule has 0 aromatic rings. The molecule has 0 aromatic heterocycles.